The monoisotopic (exact) mass is 396 g/mol. The molecule has 0 spiro atoms. The number of rotatable bonds is 16. The van der Waals surface area contributed by atoms with E-state index in [2.05, 4.69) is 31.9 Å². The molecule has 0 bridgehead atoms. The molecular weight excluding hydrogens is 364 g/mol. The maximum absolute atomic E-state index is 3.49. The molecule has 0 nitrogen and oxygen atoms in total. The summed E-state index contributed by atoms with van der Waals surface area (Å²) < 4.78 is 0. The number of unbranched alkanes of at least 4 members (excludes halogenated alkanes) is 14. The van der Waals surface area contributed by atoms with E-state index in [0.717, 1.165) is 0 Å². The second kappa shape index (κ2) is 19.0. The first-order valence-electron chi connectivity index (χ1n) is 8.53. The Morgan fingerprint density at radius 1 is 0.263 bits per heavy atom. The molecule has 19 heavy (non-hydrogen) atoms. The topological polar surface area (TPSA) is 0 Å². The van der Waals surface area contributed by atoms with Crippen LogP contribution in [0.4, 0.5) is 0 Å². The second-order valence-electron chi connectivity index (χ2n) is 5.68. The minimum atomic E-state index is 1.18. The van der Waals surface area contributed by atoms with Crippen LogP contribution in [-0.4, -0.2) is 10.7 Å². The summed E-state index contributed by atoms with van der Waals surface area (Å²) in [4.78, 5) is 0. The minimum Gasteiger partial charge on any atom is -0.0928 e. The normalized spacial score (nSPS) is 11.1. The lowest BCUT2D eigenvalue weighted by Gasteiger charge is -2.03. The fourth-order valence-corrected chi connectivity index (χ4v) is 3.28. The first kappa shape index (κ1) is 20.0. The molecule has 0 amide bonds. The fourth-order valence-electron chi connectivity index (χ4n) is 2.49. The van der Waals surface area contributed by atoms with Crippen LogP contribution in [-0.2, 0) is 0 Å². The van der Waals surface area contributed by atoms with Crippen molar-refractivity contribution in [2.75, 3.05) is 10.7 Å². The van der Waals surface area contributed by atoms with E-state index in [4.69, 9.17) is 0 Å². The summed E-state index contributed by atoms with van der Waals surface area (Å²) in [6.07, 6.45) is 21.7. The van der Waals surface area contributed by atoms with Crippen molar-refractivity contribution >= 4 is 31.9 Å². The van der Waals surface area contributed by atoms with E-state index in [-0.39, 0.29) is 0 Å². The fraction of sp³-hybridized carbons (Fsp3) is 1.00. The highest BCUT2D eigenvalue weighted by Crippen LogP contribution is 2.13. The van der Waals surface area contributed by atoms with Gasteiger partial charge in [0.25, 0.3) is 0 Å². The Bertz CT molecular complexity index is 132. The van der Waals surface area contributed by atoms with Crippen LogP contribution in [0.25, 0.3) is 0 Å². The molecule has 0 aromatic rings. The molecule has 0 radical (unpaired) electrons. The van der Waals surface area contributed by atoms with E-state index in [1.54, 1.807) is 0 Å². The number of hydrogen-bond donors (Lipinski definition) is 0. The molecule has 116 valence electrons. The Morgan fingerprint density at radius 3 is 0.579 bits per heavy atom. The van der Waals surface area contributed by atoms with Crippen molar-refractivity contribution in [2.45, 2.75) is 96.3 Å². The zero-order valence-electron chi connectivity index (χ0n) is 12.8. The van der Waals surface area contributed by atoms with Gasteiger partial charge in [-0.1, -0.05) is 115 Å². The van der Waals surface area contributed by atoms with Gasteiger partial charge >= 0.3 is 0 Å². The summed E-state index contributed by atoms with van der Waals surface area (Å²) in [5, 5.41) is 2.37. The third kappa shape index (κ3) is 19.0. The van der Waals surface area contributed by atoms with Gasteiger partial charge in [0.05, 0.1) is 0 Å². The molecule has 0 atom stereocenters. The molecule has 0 rings (SSSR count). The lowest BCUT2D eigenvalue weighted by atomic mass is 10.0. The van der Waals surface area contributed by atoms with Gasteiger partial charge in [-0.25, -0.2) is 0 Å². The van der Waals surface area contributed by atoms with Gasteiger partial charge in [-0.15, -0.1) is 0 Å². The van der Waals surface area contributed by atoms with Crippen LogP contribution in [0.15, 0.2) is 0 Å². The molecule has 0 aliphatic rings. The standard InChI is InChI=1S/C17H34Br2/c18-16-14-12-10-8-6-4-2-1-3-5-7-9-11-13-15-17-19/h1-17H2. The molecule has 0 unspecified atom stereocenters. The average molecular weight is 398 g/mol. The van der Waals surface area contributed by atoms with Crippen molar-refractivity contribution in [2.24, 2.45) is 0 Å². The summed E-state index contributed by atoms with van der Waals surface area (Å²) in [5.74, 6) is 0. The van der Waals surface area contributed by atoms with E-state index in [0.29, 0.717) is 0 Å². The Hall–Kier alpha value is 0.960. The Morgan fingerprint density at radius 2 is 0.421 bits per heavy atom. The third-order valence-electron chi connectivity index (χ3n) is 3.77. The zero-order chi connectivity index (χ0) is 14.0. The summed E-state index contributed by atoms with van der Waals surface area (Å²) in [6.45, 7) is 0. The second-order valence-corrected chi connectivity index (χ2v) is 7.27. The Balaban J connectivity index is 2.88. The van der Waals surface area contributed by atoms with Crippen LogP contribution >= 0.6 is 31.9 Å². The van der Waals surface area contributed by atoms with Crippen molar-refractivity contribution in [3.63, 3.8) is 0 Å². The van der Waals surface area contributed by atoms with Gasteiger partial charge in [0.15, 0.2) is 0 Å². The molecule has 0 aromatic carbocycles. The van der Waals surface area contributed by atoms with Gasteiger partial charge in [0, 0.05) is 10.7 Å². The molecular formula is C17H34Br2. The highest BCUT2D eigenvalue weighted by molar-refractivity contribution is 9.09. The van der Waals surface area contributed by atoms with Crippen LogP contribution < -0.4 is 0 Å². The van der Waals surface area contributed by atoms with Crippen LogP contribution in [0.3, 0.4) is 0 Å². The van der Waals surface area contributed by atoms with Crippen LogP contribution in [0, 0.1) is 0 Å². The third-order valence-corrected chi connectivity index (χ3v) is 4.89. The lowest BCUT2D eigenvalue weighted by Crippen LogP contribution is -1.84. The summed E-state index contributed by atoms with van der Waals surface area (Å²) in [6, 6.07) is 0. The lowest BCUT2D eigenvalue weighted by molar-refractivity contribution is 0.535. The SMILES string of the molecule is BrCCCCCCCCCCCCCCCCCBr. The smallest absolute Gasteiger partial charge is 0.00313 e. The zero-order valence-corrected chi connectivity index (χ0v) is 15.9. The van der Waals surface area contributed by atoms with E-state index in [1.807, 2.05) is 0 Å². The minimum absolute atomic E-state index is 1.18. The number of hydrogen-bond acceptors (Lipinski definition) is 0. The van der Waals surface area contributed by atoms with Crippen molar-refractivity contribution in [1.82, 2.24) is 0 Å². The molecule has 0 aromatic heterocycles. The van der Waals surface area contributed by atoms with Gasteiger partial charge in [0.1, 0.15) is 0 Å². The van der Waals surface area contributed by atoms with Gasteiger partial charge in [0.2, 0.25) is 0 Å². The quantitative estimate of drug-likeness (QED) is 0.185. The first-order chi connectivity index (χ1) is 9.41. The van der Waals surface area contributed by atoms with E-state index in [1.165, 1.54) is 107 Å². The van der Waals surface area contributed by atoms with E-state index in [9.17, 15) is 0 Å². The van der Waals surface area contributed by atoms with Gasteiger partial charge in [-0.05, 0) is 12.8 Å². The van der Waals surface area contributed by atoms with E-state index < -0.39 is 0 Å². The maximum atomic E-state index is 3.49. The Labute approximate surface area is 138 Å². The van der Waals surface area contributed by atoms with Crippen molar-refractivity contribution in [3.8, 4) is 0 Å². The molecule has 0 N–H and O–H groups in total. The van der Waals surface area contributed by atoms with Gasteiger partial charge < -0.3 is 0 Å². The van der Waals surface area contributed by atoms with Crippen molar-refractivity contribution in [3.05, 3.63) is 0 Å². The maximum Gasteiger partial charge on any atom is 0.00313 e. The van der Waals surface area contributed by atoms with Crippen LogP contribution in [0.2, 0.25) is 0 Å². The van der Waals surface area contributed by atoms with Crippen molar-refractivity contribution in [1.29, 1.82) is 0 Å². The molecule has 0 heterocycles. The molecule has 2 heteroatoms. The Kier molecular flexibility index (Phi) is 19.9. The molecule has 0 aliphatic carbocycles. The van der Waals surface area contributed by atoms with Gasteiger partial charge in [-0.2, -0.15) is 0 Å². The average Bonchev–Trinajstić information content (AvgIpc) is 2.43. The molecule has 0 saturated heterocycles. The highest BCUT2D eigenvalue weighted by Gasteiger charge is 1.94. The summed E-state index contributed by atoms with van der Waals surface area (Å²) >= 11 is 6.98. The number of alkyl halides is 2. The predicted molar refractivity (Wildman–Crippen MR) is 96.8 cm³/mol. The summed E-state index contributed by atoms with van der Waals surface area (Å²) in [7, 11) is 0. The molecule has 0 aliphatic heterocycles. The molecule has 0 saturated carbocycles. The van der Waals surface area contributed by atoms with Crippen molar-refractivity contribution < 1.29 is 0 Å². The van der Waals surface area contributed by atoms with Gasteiger partial charge in [-0.3, -0.25) is 0 Å². The summed E-state index contributed by atoms with van der Waals surface area (Å²) in [5.41, 5.74) is 0. The van der Waals surface area contributed by atoms with Crippen LogP contribution in [0.5, 0.6) is 0 Å². The number of halogens is 2. The molecule has 0 fully saturated rings. The highest BCUT2D eigenvalue weighted by atomic mass is 79.9. The predicted octanol–water partition coefficient (Wildman–Crippen LogP) is 7.63. The first-order valence-corrected chi connectivity index (χ1v) is 10.8. The largest absolute Gasteiger partial charge is 0.0928 e. The van der Waals surface area contributed by atoms with Crippen LogP contribution in [0.1, 0.15) is 96.3 Å². The van der Waals surface area contributed by atoms with E-state index >= 15 is 0 Å².